The van der Waals surface area contributed by atoms with Crippen molar-refractivity contribution in [1.82, 2.24) is 10.2 Å². The molecule has 3 N–H and O–H groups in total. The highest BCUT2D eigenvalue weighted by atomic mass is 35.5. The van der Waals surface area contributed by atoms with Gasteiger partial charge in [-0.1, -0.05) is 30.3 Å². The van der Waals surface area contributed by atoms with E-state index in [0.717, 1.165) is 5.56 Å². The van der Waals surface area contributed by atoms with Gasteiger partial charge in [0.2, 0.25) is 11.8 Å². The van der Waals surface area contributed by atoms with Crippen LogP contribution in [0.2, 0.25) is 0 Å². The molecular weight excluding hydrogens is 298 g/mol. The van der Waals surface area contributed by atoms with E-state index in [-0.39, 0.29) is 36.8 Å². The topological polar surface area (TPSA) is 75.4 Å². The largest absolute Gasteiger partial charge is 0.353 e. The first-order valence-electron chi connectivity index (χ1n) is 6.09. The molecule has 1 aliphatic rings. The number of rotatable bonds is 5. The van der Waals surface area contributed by atoms with Crippen molar-refractivity contribution >= 4 is 36.0 Å². The molecule has 0 bridgehead atoms. The molecular formula is C13H18ClN3O2S. The number of halogens is 1. The van der Waals surface area contributed by atoms with E-state index >= 15 is 0 Å². The Hall–Kier alpha value is -1.24. The van der Waals surface area contributed by atoms with Gasteiger partial charge in [-0.2, -0.15) is 0 Å². The van der Waals surface area contributed by atoms with Crippen molar-refractivity contribution in [3.05, 3.63) is 35.9 Å². The van der Waals surface area contributed by atoms with Crippen LogP contribution in [-0.4, -0.2) is 41.4 Å². The first-order valence-corrected chi connectivity index (χ1v) is 7.25. The summed E-state index contributed by atoms with van der Waals surface area (Å²) < 4.78 is 0. The van der Waals surface area contributed by atoms with E-state index in [4.69, 9.17) is 5.73 Å². The van der Waals surface area contributed by atoms with E-state index < -0.39 is 0 Å². The van der Waals surface area contributed by atoms with Gasteiger partial charge in [0.15, 0.2) is 0 Å². The van der Waals surface area contributed by atoms with E-state index in [9.17, 15) is 9.59 Å². The number of benzene rings is 1. The second kappa shape index (κ2) is 8.14. The monoisotopic (exact) mass is 315 g/mol. The van der Waals surface area contributed by atoms with Crippen LogP contribution in [0.3, 0.4) is 0 Å². The highest BCUT2D eigenvalue weighted by molar-refractivity contribution is 8.00. The average Bonchev–Trinajstić information content (AvgIpc) is 2.82. The molecule has 0 radical (unpaired) electrons. The molecule has 20 heavy (non-hydrogen) atoms. The highest BCUT2D eigenvalue weighted by Gasteiger charge is 2.22. The first-order chi connectivity index (χ1) is 9.16. The number of carbonyl (C=O) groups excluding carboxylic acids is 2. The van der Waals surface area contributed by atoms with Crippen LogP contribution >= 0.6 is 24.2 Å². The summed E-state index contributed by atoms with van der Waals surface area (Å²) in [6, 6.07) is 9.38. The van der Waals surface area contributed by atoms with E-state index in [1.165, 1.54) is 11.8 Å². The Morgan fingerprint density at radius 3 is 2.70 bits per heavy atom. The molecule has 2 rings (SSSR count). The summed E-state index contributed by atoms with van der Waals surface area (Å²) >= 11 is 1.53. The molecule has 1 unspecified atom stereocenters. The molecule has 1 heterocycles. The number of hydrogen-bond donors (Lipinski definition) is 2. The summed E-state index contributed by atoms with van der Waals surface area (Å²) in [6.07, 6.45) is 0. The SMILES string of the molecule is Cl.NC(CNC(=O)CN1CSCC1=O)c1ccccc1. The molecule has 0 saturated carbocycles. The molecule has 0 aliphatic carbocycles. The molecule has 7 heteroatoms. The first kappa shape index (κ1) is 16.8. The number of nitrogens with two attached hydrogens (primary N) is 1. The molecule has 0 aromatic heterocycles. The van der Waals surface area contributed by atoms with Crippen molar-refractivity contribution in [1.29, 1.82) is 0 Å². The molecule has 1 aromatic rings. The van der Waals surface area contributed by atoms with Gasteiger partial charge in [0, 0.05) is 12.6 Å². The predicted molar refractivity (Wildman–Crippen MR) is 82.7 cm³/mol. The average molecular weight is 316 g/mol. The zero-order valence-electron chi connectivity index (χ0n) is 11.0. The maximum absolute atomic E-state index is 11.7. The van der Waals surface area contributed by atoms with Crippen LogP contribution in [0.1, 0.15) is 11.6 Å². The van der Waals surface area contributed by atoms with Gasteiger partial charge in [-0.3, -0.25) is 9.59 Å². The van der Waals surface area contributed by atoms with Gasteiger partial charge in [0.25, 0.3) is 0 Å². The fourth-order valence-corrected chi connectivity index (χ4v) is 2.72. The Morgan fingerprint density at radius 2 is 2.10 bits per heavy atom. The summed E-state index contributed by atoms with van der Waals surface area (Å²) in [5.41, 5.74) is 6.96. The minimum atomic E-state index is -0.228. The summed E-state index contributed by atoms with van der Waals surface area (Å²) in [5, 5.41) is 2.76. The summed E-state index contributed by atoms with van der Waals surface area (Å²) in [7, 11) is 0. The fourth-order valence-electron chi connectivity index (χ4n) is 1.81. The Labute approximate surface area is 128 Å². The maximum Gasteiger partial charge on any atom is 0.239 e. The summed E-state index contributed by atoms with van der Waals surface area (Å²) in [4.78, 5) is 24.6. The standard InChI is InChI=1S/C13H17N3O2S.ClH/c14-11(10-4-2-1-3-5-10)6-15-12(17)7-16-9-19-8-13(16)18;/h1-5,11H,6-9,14H2,(H,15,17);1H. The van der Waals surface area contributed by atoms with Crippen LogP contribution in [0.4, 0.5) is 0 Å². The van der Waals surface area contributed by atoms with Crippen LogP contribution in [-0.2, 0) is 9.59 Å². The van der Waals surface area contributed by atoms with Gasteiger partial charge in [-0.05, 0) is 5.56 Å². The molecule has 110 valence electrons. The Kier molecular flexibility index (Phi) is 6.84. The Bertz CT molecular complexity index is 458. The van der Waals surface area contributed by atoms with Gasteiger partial charge in [-0.25, -0.2) is 0 Å². The van der Waals surface area contributed by atoms with Gasteiger partial charge >= 0.3 is 0 Å². The van der Waals surface area contributed by atoms with Gasteiger partial charge in [0.1, 0.15) is 6.54 Å². The number of hydrogen-bond acceptors (Lipinski definition) is 4. The molecule has 1 atom stereocenters. The smallest absolute Gasteiger partial charge is 0.239 e. The lowest BCUT2D eigenvalue weighted by Crippen LogP contribution is -2.40. The van der Waals surface area contributed by atoms with Crippen molar-refractivity contribution < 1.29 is 9.59 Å². The second-order valence-corrected chi connectivity index (χ2v) is 5.35. The lowest BCUT2D eigenvalue weighted by Gasteiger charge is -2.16. The number of nitrogens with one attached hydrogen (secondary N) is 1. The summed E-state index contributed by atoms with van der Waals surface area (Å²) in [6.45, 7) is 0.491. The van der Waals surface area contributed by atoms with Crippen molar-refractivity contribution in [2.75, 3.05) is 24.7 Å². The highest BCUT2D eigenvalue weighted by Crippen LogP contribution is 2.14. The number of nitrogens with zero attached hydrogens (tertiary/aromatic N) is 1. The minimum absolute atomic E-state index is 0. The van der Waals surface area contributed by atoms with E-state index in [0.29, 0.717) is 18.2 Å². The molecule has 0 spiro atoms. The zero-order valence-corrected chi connectivity index (χ0v) is 12.6. The second-order valence-electron chi connectivity index (χ2n) is 4.39. The van der Waals surface area contributed by atoms with Gasteiger partial charge in [0.05, 0.1) is 11.6 Å². The molecule has 1 fully saturated rings. The minimum Gasteiger partial charge on any atom is -0.353 e. The Morgan fingerprint density at radius 1 is 1.40 bits per heavy atom. The van der Waals surface area contributed by atoms with Crippen molar-refractivity contribution in [3.63, 3.8) is 0 Å². The zero-order chi connectivity index (χ0) is 13.7. The normalized spacial score (nSPS) is 15.7. The van der Waals surface area contributed by atoms with Crippen LogP contribution < -0.4 is 11.1 Å². The lowest BCUT2D eigenvalue weighted by atomic mass is 10.1. The van der Waals surface area contributed by atoms with Crippen molar-refractivity contribution in [2.45, 2.75) is 6.04 Å². The van der Waals surface area contributed by atoms with E-state index in [2.05, 4.69) is 5.32 Å². The van der Waals surface area contributed by atoms with Crippen LogP contribution in [0.5, 0.6) is 0 Å². The van der Waals surface area contributed by atoms with Crippen LogP contribution in [0.25, 0.3) is 0 Å². The Balaban J connectivity index is 0.00000200. The number of carbonyl (C=O) groups is 2. The van der Waals surface area contributed by atoms with Crippen LogP contribution in [0.15, 0.2) is 30.3 Å². The van der Waals surface area contributed by atoms with Crippen molar-refractivity contribution in [2.24, 2.45) is 5.73 Å². The van der Waals surface area contributed by atoms with E-state index in [1.54, 1.807) is 4.90 Å². The lowest BCUT2D eigenvalue weighted by molar-refractivity contribution is -0.132. The molecule has 1 aliphatic heterocycles. The molecule has 5 nitrogen and oxygen atoms in total. The molecule has 2 amide bonds. The number of thioether (sulfide) groups is 1. The molecule has 1 aromatic carbocycles. The van der Waals surface area contributed by atoms with Gasteiger partial charge < -0.3 is 16.0 Å². The van der Waals surface area contributed by atoms with E-state index in [1.807, 2.05) is 30.3 Å². The quantitative estimate of drug-likeness (QED) is 0.841. The fraction of sp³-hybridized carbons (Fsp3) is 0.385. The maximum atomic E-state index is 11.7. The third-order valence-corrected chi connectivity index (χ3v) is 3.85. The van der Waals surface area contributed by atoms with Crippen LogP contribution in [0, 0.1) is 0 Å². The summed E-state index contributed by atoms with van der Waals surface area (Å²) in [5.74, 6) is 0.920. The predicted octanol–water partition coefficient (Wildman–Crippen LogP) is 0.757. The number of amides is 2. The van der Waals surface area contributed by atoms with Crippen molar-refractivity contribution in [3.8, 4) is 0 Å². The molecule has 1 saturated heterocycles. The van der Waals surface area contributed by atoms with Gasteiger partial charge in [-0.15, -0.1) is 24.2 Å². The third kappa shape index (κ3) is 4.70. The third-order valence-electron chi connectivity index (χ3n) is 2.91.